The largest absolute Gasteiger partial charge is 0.481 e. The summed E-state index contributed by atoms with van der Waals surface area (Å²) in [4.78, 5) is 13.2. The van der Waals surface area contributed by atoms with Gasteiger partial charge < -0.3 is 10.0 Å². The van der Waals surface area contributed by atoms with E-state index >= 15 is 0 Å². The molecule has 1 N–H and O–H groups in total. The van der Waals surface area contributed by atoms with E-state index in [0.29, 0.717) is 23.5 Å². The van der Waals surface area contributed by atoms with Gasteiger partial charge in [0.1, 0.15) is 9.84 Å². The van der Waals surface area contributed by atoms with Crippen LogP contribution in [0.25, 0.3) is 0 Å². The number of rotatable bonds is 4. The maximum absolute atomic E-state index is 11.5. The van der Waals surface area contributed by atoms with Gasteiger partial charge in [0.2, 0.25) is 0 Å². The molecule has 2 saturated heterocycles. The first-order valence-electron chi connectivity index (χ1n) is 7.53. The first-order chi connectivity index (χ1) is 9.37. The highest BCUT2D eigenvalue weighted by atomic mass is 32.2. The maximum atomic E-state index is 11.5. The summed E-state index contributed by atoms with van der Waals surface area (Å²) in [6, 6.07) is 0.373. The van der Waals surface area contributed by atoms with E-state index in [9.17, 15) is 13.2 Å². The summed E-state index contributed by atoms with van der Waals surface area (Å²) < 4.78 is 23.0. The van der Waals surface area contributed by atoms with Gasteiger partial charge in [0.05, 0.1) is 11.5 Å². The van der Waals surface area contributed by atoms with Gasteiger partial charge in [0.15, 0.2) is 0 Å². The lowest BCUT2D eigenvalue weighted by Crippen LogP contribution is -2.47. The van der Waals surface area contributed by atoms with Crippen LogP contribution in [0.15, 0.2) is 0 Å². The molecule has 0 aromatic carbocycles. The number of hydrogen-bond acceptors (Lipinski definition) is 4. The molecule has 20 heavy (non-hydrogen) atoms. The first kappa shape index (κ1) is 15.8. The van der Waals surface area contributed by atoms with Gasteiger partial charge in [0, 0.05) is 19.0 Å². The summed E-state index contributed by atoms with van der Waals surface area (Å²) in [6.07, 6.45) is 3.90. The number of carboxylic acids is 1. The number of aliphatic carboxylic acids is 1. The zero-order chi connectivity index (χ0) is 14.8. The molecule has 2 heterocycles. The summed E-state index contributed by atoms with van der Waals surface area (Å²) in [6.45, 7) is 3.98. The molecule has 6 heteroatoms. The Kier molecular flexibility index (Phi) is 5.07. The number of carboxylic acid groups (broad SMARTS) is 1. The van der Waals surface area contributed by atoms with Gasteiger partial charge >= 0.3 is 5.97 Å². The van der Waals surface area contributed by atoms with Crippen LogP contribution in [0.5, 0.6) is 0 Å². The topological polar surface area (TPSA) is 74.7 Å². The second-order valence-electron chi connectivity index (χ2n) is 6.36. The van der Waals surface area contributed by atoms with E-state index in [0.717, 1.165) is 38.8 Å². The van der Waals surface area contributed by atoms with Gasteiger partial charge in [-0.3, -0.25) is 4.79 Å². The summed E-state index contributed by atoms with van der Waals surface area (Å²) in [5.74, 6) is 0.520. The Hall–Kier alpha value is -0.620. The van der Waals surface area contributed by atoms with Crippen molar-refractivity contribution in [2.24, 2.45) is 11.8 Å². The van der Waals surface area contributed by atoms with Crippen LogP contribution in [-0.2, 0) is 14.6 Å². The molecule has 0 bridgehead atoms. The molecule has 2 aliphatic heterocycles. The Morgan fingerprint density at radius 2 is 1.95 bits per heavy atom. The lowest BCUT2D eigenvalue weighted by Gasteiger charge is -2.41. The molecule has 0 aromatic heterocycles. The number of sulfone groups is 1. The third kappa shape index (κ3) is 4.19. The normalized spacial score (nSPS) is 29.9. The molecule has 2 atom stereocenters. The molecule has 116 valence electrons. The molecule has 0 saturated carbocycles. The summed E-state index contributed by atoms with van der Waals surface area (Å²) in [7, 11) is -2.80. The standard InChI is InChI=1S/C14H25NO4S/c1-11(9-14(16)17)12-3-2-6-15(10-12)13-4-7-20(18,19)8-5-13/h11-13H,2-10H2,1H3,(H,16,17). The van der Waals surface area contributed by atoms with Crippen molar-refractivity contribution in [2.45, 2.75) is 45.1 Å². The van der Waals surface area contributed by atoms with Gasteiger partial charge in [-0.25, -0.2) is 8.42 Å². The summed E-state index contributed by atoms with van der Waals surface area (Å²) >= 11 is 0. The van der Waals surface area contributed by atoms with Gasteiger partial charge in [-0.1, -0.05) is 6.92 Å². The fourth-order valence-corrected chi connectivity index (χ4v) is 4.99. The van der Waals surface area contributed by atoms with Crippen molar-refractivity contribution in [2.75, 3.05) is 24.6 Å². The van der Waals surface area contributed by atoms with Gasteiger partial charge in [-0.2, -0.15) is 0 Å². The Labute approximate surface area is 121 Å². The average Bonchev–Trinajstić information content (AvgIpc) is 2.38. The Morgan fingerprint density at radius 1 is 1.30 bits per heavy atom. The molecule has 5 nitrogen and oxygen atoms in total. The van der Waals surface area contributed by atoms with Crippen LogP contribution < -0.4 is 0 Å². The SMILES string of the molecule is CC(CC(=O)O)C1CCCN(C2CCS(=O)(=O)CC2)C1. The van der Waals surface area contributed by atoms with E-state index in [-0.39, 0.29) is 12.3 Å². The second kappa shape index (κ2) is 6.43. The van der Waals surface area contributed by atoms with Crippen molar-refractivity contribution in [3.63, 3.8) is 0 Å². The third-order valence-corrected chi connectivity index (χ3v) is 6.55. The Bertz CT molecular complexity index is 434. The minimum atomic E-state index is -2.80. The van der Waals surface area contributed by atoms with Crippen LogP contribution in [0, 0.1) is 11.8 Å². The van der Waals surface area contributed by atoms with Crippen molar-refractivity contribution >= 4 is 15.8 Å². The molecule has 0 spiro atoms. The highest BCUT2D eigenvalue weighted by Gasteiger charge is 2.32. The molecule has 0 aliphatic carbocycles. The highest BCUT2D eigenvalue weighted by molar-refractivity contribution is 7.91. The third-order valence-electron chi connectivity index (χ3n) is 4.83. The van der Waals surface area contributed by atoms with Crippen LogP contribution in [0.4, 0.5) is 0 Å². The molecule has 0 amide bonds. The highest BCUT2D eigenvalue weighted by Crippen LogP contribution is 2.29. The molecular formula is C14H25NO4S. The fraction of sp³-hybridized carbons (Fsp3) is 0.929. The van der Waals surface area contributed by atoms with E-state index in [2.05, 4.69) is 4.90 Å². The molecule has 2 unspecified atom stereocenters. The quantitative estimate of drug-likeness (QED) is 0.849. The minimum absolute atomic E-state index is 0.197. The first-order valence-corrected chi connectivity index (χ1v) is 9.36. The van der Waals surface area contributed by atoms with Crippen molar-refractivity contribution < 1.29 is 18.3 Å². The van der Waals surface area contributed by atoms with E-state index in [1.165, 1.54) is 0 Å². The van der Waals surface area contributed by atoms with Gasteiger partial charge in [0.25, 0.3) is 0 Å². The van der Waals surface area contributed by atoms with Crippen LogP contribution in [0.2, 0.25) is 0 Å². The molecule has 0 radical (unpaired) electrons. The summed E-state index contributed by atoms with van der Waals surface area (Å²) in [5.41, 5.74) is 0. The lowest BCUT2D eigenvalue weighted by atomic mass is 9.84. The minimum Gasteiger partial charge on any atom is -0.481 e. The van der Waals surface area contributed by atoms with Crippen molar-refractivity contribution in [1.82, 2.24) is 4.90 Å². The van der Waals surface area contributed by atoms with E-state index < -0.39 is 15.8 Å². The van der Waals surface area contributed by atoms with Crippen molar-refractivity contribution in [1.29, 1.82) is 0 Å². The zero-order valence-electron chi connectivity index (χ0n) is 12.1. The Morgan fingerprint density at radius 3 is 2.55 bits per heavy atom. The second-order valence-corrected chi connectivity index (χ2v) is 8.66. The van der Waals surface area contributed by atoms with Gasteiger partial charge in [-0.15, -0.1) is 0 Å². The van der Waals surface area contributed by atoms with Crippen molar-refractivity contribution in [3.8, 4) is 0 Å². The van der Waals surface area contributed by atoms with Gasteiger partial charge in [-0.05, 0) is 44.1 Å². The fourth-order valence-electron chi connectivity index (χ4n) is 3.52. The zero-order valence-corrected chi connectivity index (χ0v) is 12.9. The van der Waals surface area contributed by atoms with Crippen LogP contribution in [0.3, 0.4) is 0 Å². The number of hydrogen-bond donors (Lipinski definition) is 1. The van der Waals surface area contributed by atoms with Crippen LogP contribution in [0.1, 0.15) is 39.0 Å². The maximum Gasteiger partial charge on any atom is 0.303 e. The predicted molar refractivity (Wildman–Crippen MR) is 77.4 cm³/mol. The lowest BCUT2D eigenvalue weighted by molar-refractivity contribution is -0.138. The number of likely N-dealkylation sites (tertiary alicyclic amines) is 1. The number of carbonyl (C=O) groups is 1. The molecule has 2 aliphatic rings. The van der Waals surface area contributed by atoms with Crippen LogP contribution >= 0.6 is 0 Å². The van der Waals surface area contributed by atoms with E-state index in [1.54, 1.807) is 0 Å². The summed E-state index contributed by atoms with van der Waals surface area (Å²) in [5, 5.41) is 8.91. The monoisotopic (exact) mass is 303 g/mol. The number of nitrogens with zero attached hydrogens (tertiary/aromatic N) is 1. The average molecular weight is 303 g/mol. The van der Waals surface area contributed by atoms with E-state index in [4.69, 9.17) is 5.11 Å². The van der Waals surface area contributed by atoms with Crippen LogP contribution in [-0.4, -0.2) is 55.0 Å². The number of piperidine rings is 1. The van der Waals surface area contributed by atoms with Crippen molar-refractivity contribution in [3.05, 3.63) is 0 Å². The molecule has 2 rings (SSSR count). The Balaban J connectivity index is 1.89. The molecule has 0 aromatic rings. The molecular weight excluding hydrogens is 278 g/mol. The van der Waals surface area contributed by atoms with E-state index in [1.807, 2.05) is 6.92 Å². The predicted octanol–water partition coefficient (Wildman–Crippen LogP) is 1.39. The molecule has 2 fully saturated rings. The smallest absolute Gasteiger partial charge is 0.303 e.